The van der Waals surface area contributed by atoms with Crippen LogP contribution < -0.4 is 10.1 Å². The molecule has 3 rings (SSSR count). The maximum atomic E-state index is 12.0. The van der Waals surface area contributed by atoms with E-state index in [4.69, 9.17) is 9.72 Å². The standard InChI is InChI=1S/C23H29N3O2/c1-23(2,3)22(27)24-15-9-14-21-25-18-11-6-7-12-19(18)26(21)16-17-10-5-8-13-20(17)28-4/h5-8,10-13H,9,14-16H2,1-4H3,(H,24,27). The largest absolute Gasteiger partial charge is 0.496 e. The third kappa shape index (κ3) is 4.53. The number of methoxy groups -OCH3 is 1. The van der Waals surface area contributed by atoms with E-state index < -0.39 is 0 Å². The highest BCUT2D eigenvalue weighted by Crippen LogP contribution is 2.23. The van der Waals surface area contributed by atoms with Crippen molar-refractivity contribution in [1.82, 2.24) is 14.9 Å². The molecule has 2 aromatic carbocycles. The summed E-state index contributed by atoms with van der Waals surface area (Å²) < 4.78 is 7.77. The van der Waals surface area contributed by atoms with Gasteiger partial charge in [-0.3, -0.25) is 4.79 Å². The van der Waals surface area contributed by atoms with Gasteiger partial charge in [-0.05, 0) is 24.6 Å². The fraction of sp³-hybridized carbons (Fsp3) is 0.391. The number of carbonyl (C=O) groups is 1. The molecule has 0 unspecified atom stereocenters. The minimum Gasteiger partial charge on any atom is -0.496 e. The smallest absolute Gasteiger partial charge is 0.225 e. The van der Waals surface area contributed by atoms with Gasteiger partial charge in [0, 0.05) is 23.9 Å². The molecule has 0 aliphatic rings. The molecule has 5 heteroatoms. The van der Waals surface area contributed by atoms with Crippen molar-refractivity contribution in [3.8, 4) is 5.75 Å². The second-order valence-electron chi connectivity index (χ2n) is 8.02. The summed E-state index contributed by atoms with van der Waals surface area (Å²) in [5.74, 6) is 1.98. The van der Waals surface area contributed by atoms with Gasteiger partial charge in [0.2, 0.25) is 5.91 Å². The van der Waals surface area contributed by atoms with Crippen molar-refractivity contribution >= 4 is 16.9 Å². The zero-order valence-electron chi connectivity index (χ0n) is 17.2. The van der Waals surface area contributed by atoms with Gasteiger partial charge in [0.25, 0.3) is 0 Å². The fourth-order valence-corrected chi connectivity index (χ4v) is 3.21. The second-order valence-corrected chi connectivity index (χ2v) is 8.02. The Morgan fingerprint density at radius 1 is 1.11 bits per heavy atom. The van der Waals surface area contributed by atoms with Crippen LogP contribution in [0.1, 0.15) is 38.6 Å². The number of aryl methyl sites for hydroxylation is 1. The number of para-hydroxylation sites is 3. The van der Waals surface area contributed by atoms with Gasteiger partial charge in [-0.1, -0.05) is 51.1 Å². The van der Waals surface area contributed by atoms with Crippen LogP contribution >= 0.6 is 0 Å². The van der Waals surface area contributed by atoms with Gasteiger partial charge in [-0.25, -0.2) is 4.98 Å². The molecule has 1 N–H and O–H groups in total. The van der Waals surface area contributed by atoms with Gasteiger partial charge >= 0.3 is 0 Å². The molecule has 0 radical (unpaired) electrons. The van der Waals surface area contributed by atoms with Crippen molar-refractivity contribution in [1.29, 1.82) is 0 Å². The van der Waals surface area contributed by atoms with E-state index in [-0.39, 0.29) is 11.3 Å². The molecule has 1 amide bonds. The average Bonchev–Trinajstić information content (AvgIpc) is 3.02. The van der Waals surface area contributed by atoms with E-state index in [1.54, 1.807) is 7.11 Å². The Labute approximate surface area is 166 Å². The lowest BCUT2D eigenvalue weighted by Gasteiger charge is -2.17. The molecule has 0 fully saturated rings. The van der Waals surface area contributed by atoms with Crippen molar-refractivity contribution in [2.75, 3.05) is 13.7 Å². The summed E-state index contributed by atoms with van der Waals surface area (Å²) in [6, 6.07) is 16.3. The number of rotatable bonds is 7. The predicted molar refractivity (Wildman–Crippen MR) is 113 cm³/mol. The minimum atomic E-state index is -0.364. The van der Waals surface area contributed by atoms with Gasteiger partial charge in [0.15, 0.2) is 0 Å². The molecule has 0 spiro atoms. The zero-order valence-corrected chi connectivity index (χ0v) is 17.2. The molecule has 1 aromatic heterocycles. The molecular weight excluding hydrogens is 350 g/mol. The van der Waals surface area contributed by atoms with Crippen LogP contribution in [0.15, 0.2) is 48.5 Å². The molecule has 5 nitrogen and oxygen atoms in total. The summed E-state index contributed by atoms with van der Waals surface area (Å²) in [6.45, 7) is 7.13. The highest BCUT2D eigenvalue weighted by atomic mass is 16.5. The molecule has 0 aliphatic carbocycles. The normalized spacial score (nSPS) is 11.6. The number of carbonyl (C=O) groups excluding carboxylic acids is 1. The molecule has 0 bridgehead atoms. The summed E-state index contributed by atoms with van der Waals surface area (Å²) >= 11 is 0. The third-order valence-electron chi connectivity index (χ3n) is 4.80. The summed E-state index contributed by atoms with van der Waals surface area (Å²) in [5, 5.41) is 3.02. The molecule has 0 aliphatic heterocycles. The summed E-state index contributed by atoms with van der Waals surface area (Å²) in [7, 11) is 1.70. The molecule has 3 aromatic rings. The van der Waals surface area contributed by atoms with Crippen LogP contribution in [-0.2, 0) is 17.8 Å². The zero-order chi connectivity index (χ0) is 20.1. The number of fused-ring (bicyclic) bond motifs is 1. The van der Waals surface area contributed by atoms with Gasteiger partial charge in [-0.15, -0.1) is 0 Å². The Morgan fingerprint density at radius 2 is 1.82 bits per heavy atom. The lowest BCUT2D eigenvalue weighted by molar-refractivity contribution is -0.128. The lowest BCUT2D eigenvalue weighted by Crippen LogP contribution is -2.35. The average molecular weight is 380 g/mol. The number of ether oxygens (including phenoxy) is 1. The van der Waals surface area contributed by atoms with E-state index in [0.29, 0.717) is 13.1 Å². The van der Waals surface area contributed by atoms with Crippen molar-refractivity contribution < 1.29 is 9.53 Å². The topological polar surface area (TPSA) is 56.1 Å². The van der Waals surface area contributed by atoms with Crippen LogP contribution in [0.3, 0.4) is 0 Å². The molecule has 148 valence electrons. The van der Waals surface area contributed by atoms with E-state index in [1.165, 1.54) is 0 Å². The van der Waals surface area contributed by atoms with Gasteiger partial charge in [-0.2, -0.15) is 0 Å². The number of hydrogen-bond acceptors (Lipinski definition) is 3. The first kappa shape index (κ1) is 19.9. The van der Waals surface area contributed by atoms with Crippen molar-refractivity contribution in [2.24, 2.45) is 5.41 Å². The first-order chi connectivity index (χ1) is 13.4. The maximum absolute atomic E-state index is 12.0. The minimum absolute atomic E-state index is 0.0787. The summed E-state index contributed by atoms with van der Waals surface area (Å²) in [6.07, 6.45) is 1.64. The monoisotopic (exact) mass is 379 g/mol. The molecule has 0 saturated carbocycles. The summed E-state index contributed by atoms with van der Waals surface area (Å²) in [4.78, 5) is 16.9. The second kappa shape index (κ2) is 8.46. The van der Waals surface area contributed by atoms with Crippen LogP contribution in [0.25, 0.3) is 11.0 Å². The highest BCUT2D eigenvalue weighted by molar-refractivity contribution is 5.81. The fourth-order valence-electron chi connectivity index (χ4n) is 3.21. The Kier molecular flexibility index (Phi) is 6.02. The molecule has 28 heavy (non-hydrogen) atoms. The lowest BCUT2D eigenvalue weighted by atomic mass is 9.96. The number of benzene rings is 2. The quantitative estimate of drug-likeness (QED) is 0.626. The van der Waals surface area contributed by atoms with Crippen molar-refractivity contribution in [2.45, 2.75) is 40.2 Å². The van der Waals surface area contributed by atoms with E-state index in [2.05, 4.69) is 22.0 Å². The van der Waals surface area contributed by atoms with Crippen LogP contribution in [0.5, 0.6) is 5.75 Å². The number of hydrogen-bond donors (Lipinski definition) is 1. The maximum Gasteiger partial charge on any atom is 0.225 e. The molecule has 0 saturated heterocycles. The third-order valence-corrected chi connectivity index (χ3v) is 4.80. The van der Waals surface area contributed by atoms with E-state index in [0.717, 1.165) is 41.0 Å². The summed E-state index contributed by atoms with van der Waals surface area (Å²) in [5.41, 5.74) is 2.86. The number of nitrogens with one attached hydrogen (secondary N) is 1. The van der Waals surface area contributed by atoms with Crippen LogP contribution in [0, 0.1) is 5.41 Å². The Bertz CT molecular complexity index is 954. The van der Waals surface area contributed by atoms with Gasteiger partial charge < -0.3 is 14.6 Å². The highest BCUT2D eigenvalue weighted by Gasteiger charge is 2.20. The van der Waals surface area contributed by atoms with Crippen LogP contribution in [0.2, 0.25) is 0 Å². The van der Waals surface area contributed by atoms with Crippen molar-refractivity contribution in [3.63, 3.8) is 0 Å². The van der Waals surface area contributed by atoms with E-state index in [1.807, 2.05) is 57.2 Å². The van der Waals surface area contributed by atoms with Crippen LogP contribution in [-0.4, -0.2) is 29.1 Å². The van der Waals surface area contributed by atoms with E-state index >= 15 is 0 Å². The molecular formula is C23H29N3O2. The van der Waals surface area contributed by atoms with Crippen LogP contribution in [0.4, 0.5) is 0 Å². The first-order valence-electron chi connectivity index (χ1n) is 9.74. The Balaban J connectivity index is 1.79. The Morgan fingerprint density at radius 3 is 2.57 bits per heavy atom. The predicted octanol–water partition coefficient (Wildman–Crippen LogP) is 4.19. The molecule has 0 atom stereocenters. The number of imidazole rings is 1. The molecule has 1 heterocycles. The SMILES string of the molecule is COc1ccccc1Cn1c(CCCNC(=O)C(C)(C)C)nc2ccccc21. The van der Waals surface area contributed by atoms with Crippen molar-refractivity contribution in [3.05, 3.63) is 59.9 Å². The van der Waals surface area contributed by atoms with Gasteiger partial charge in [0.1, 0.15) is 11.6 Å². The first-order valence-corrected chi connectivity index (χ1v) is 9.74. The van der Waals surface area contributed by atoms with E-state index in [9.17, 15) is 4.79 Å². The number of aromatic nitrogens is 2. The Hall–Kier alpha value is -2.82. The number of nitrogens with zero attached hydrogens (tertiary/aromatic N) is 2. The van der Waals surface area contributed by atoms with Gasteiger partial charge in [0.05, 0.1) is 24.7 Å². The number of amides is 1.